The molecule has 0 saturated heterocycles. The molecule has 0 unspecified atom stereocenters. The molecule has 2 aromatic rings. The third-order valence-electron chi connectivity index (χ3n) is 5.95. The number of benzene rings is 2. The highest BCUT2D eigenvalue weighted by molar-refractivity contribution is 5.82. The summed E-state index contributed by atoms with van der Waals surface area (Å²) in [5.74, 6) is -1.11. The molecular weight excluding hydrogens is 408 g/mol. The van der Waals surface area contributed by atoms with Crippen LogP contribution in [0.25, 0.3) is 11.1 Å². The molecule has 32 heavy (non-hydrogen) atoms. The van der Waals surface area contributed by atoms with Gasteiger partial charge in [0.05, 0.1) is 6.42 Å². The lowest BCUT2D eigenvalue weighted by molar-refractivity contribution is -0.141. The van der Waals surface area contributed by atoms with Gasteiger partial charge in [-0.05, 0) is 28.7 Å². The molecule has 7 heteroatoms. The minimum atomic E-state index is -0.945. The number of carboxylic acid groups (broad SMARTS) is 1. The highest BCUT2D eigenvalue weighted by Gasteiger charge is 2.31. The number of amides is 2. The Morgan fingerprint density at radius 2 is 1.59 bits per heavy atom. The van der Waals surface area contributed by atoms with E-state index in [0.29, 0.717) is 6.42 Å². The van der Waals surface area contributed by atoms with Crippen molar-refractivity contribution >= 4 is 18.0 Å². The van der Waals surface area contributed by atoms with E-state index in [9.17, 15) is 14.4 Å². The lowest BCUT2D eigenvalue weighted by atomic mass is 9.87. The minimum absolute atomic E-state index is 0.00551. The average Bonchev–Trinajstić information content (AvgIpc) is 3.09. The van der Waals surface area contributed by atoms with E-state index in [4.69, 9.17) is 9.84 Å². The van der Waals surface area contributed by atoms with E-state index in [1.54, 1.807) is 20.9 Å². The van der Waals surface area contributed by atoms with Gasteiger partial charge in [-0.1, -0.05) is 62.4 Å². The second kappa shape index (κ2) is 9.85. The van der Waals surface area contributed by atoms with Crippen molar-refractivity contribution in [2.24, 2.45) is 5.41 Å². The van der Waals surface area contributed by atoms with Crippen molar-refractivity contribution in [3.63, 3.8) is 0 Å². The summed E-state index contributed by atoms with van der Waals surface area (Å²) in [6.45, 7) is 4.23. The molecule has 2 amide bonds. The number of alkyl carbamates (subject to hydrolysis) is 1. The zero-order valence-electron chi connectivity index (χ0n) is 18.8. The predicted molar refractivity (Wildman–Crippen MR) is 121 cm³/mol. The molecule has 0 saturated carbocycles. The molecule has 2 aromatic carbocycles. The standard InChI is InChI=1S/C25H30N2O5/c1-25(2,23(30)27(3)15-12-22(28)29)13-14-26-24(31)32-16-21-19-10-6-4-8-17(19)18-9-5-7-11-20(18)21/h4-11,21H,12-16H2,1-3H3,(H,26,31)(H,28,29). The number of hydrogen-bond acceptors (Lipinski definition) is 4. The Bertz CT molecular complexity index is 956. The zero-order valence-corrected chi connectivity index (χ0v) is 18.8. The summed E-state index contributed by atoms with van der Waals surface area (Å²) in [7, 11) is 1.59. The van der Waals surface area contributed by atoms with Gasteiger partial charge in [0.25, 0.3) is 0 Å². The van der Waals surface area contributed by atoms with Crippen molar-refractivity contribution in [1.29, 1.82) is 0 Å². The molecule has 0 atom stereocenters. The molecule has 0 aliphatic heterocycles. The maximum atomic E-state index is 12.6. The summed E-state index contributed by atoms with van der Waals surface area (Å²) in [6, 6.07) is 16.3. The van der Waals surface area contributed by atoms with E-state index in [1.807, 2.05) is 24.3 Å². The molecule has 0 aromatic heterocycles. The number of nitrogens with zero attached hydrogens (tertiary/aromatic N) is 1. The molecule has 0 heterocycles. The van der Waals surface area contributed by atoms with Crippen LogP contribution in [0.2, 0.25) is 0 Å². The lowest BCUT2D eigenvalue weighted by Gasteiger charge is -2.29. The third kappa shape index (κ3) is 5.28. The Labute approximate surface area is 188 Å². The van der Waals surface area contributed by atoms with Crippen LogP contribution in [-0.2, 0) is 14.3 Å². The Morgan fingerprint density at radius 1 is 1.03 bits per heavy atom. The first-order valence-corrected chi connectivity index (χ1v) is 10.8. The number of aliphatic carboxylic acids is 1. The first-order valence-electron chi connectivity index (χ1n) is 10.8. The Morgan fingerprint density at radius 3 is 2.16 bits per heavy atom. The minimum Gasteiger partial charge on any atom is -0.481 e. The summed E-state index contributed by atoms with van der Waals surface area (Å²) >= 11 is 0. The monoisotopic (exact) mass is 438 g/mol. The number of carboxylic acids is 1. The summed E-state index contributed by atoms with van der Waals surface area (Å²) in [5.41, 5.74) is 3.91. The van der Waals surface area contributed by atoms with Crippen LogP contribution in [0.1, 0.15) is 43.7 Å². The third-order valence-corrected chi connectivity index (χ3v) is 5.95. The zero-order chi connectivity index (χ0) is 23.3. The molecule has 2 N–H and O–H groups in total. The van der Waals surface area contributed by atoms with Crippen molar-refractivity contribution in [2.75, 3.05) is 26.7 Å². The topological polar surface area (TPSA) is 95.9 Å². The van der Waals surface area contributed by atoms with E-state index < -0.39 is 17.5 Å². The molecule has 170 valence electrons. The second-order valence-electron chi connectivity index (χ2n) is 8.76. The average molecular weight is 439 g/mol. The first-order chi connectivity index (χ1) is 15.2. The fourth-order valence-corrected chi connectivity index (χ4v) is 4.12. The van der Waals surface area contributed by atoms with Gasteiger partial charge in [-0.2, -0.15) is 0 Å². The number of ether oxygens (including phenoxy) is 1. The molecule has 3 rings (SSSR count). The van der Waals surface area contributed by atoms with E-state index in [-0.39, 0.29) is 37.9 Å². The van der Waals surface area contributed by atoms with Gasteiger partial charge in [-0.25, -0.2) is 4.79 Å². The van der Waals surface area contributed by atoms with Crippen LogP contribution < -0.4 is 5.32 Å². The van der Waals surface area contributed by atoms with Crippen LogP contribution in [0.5, 0.6) is 0 Å². The molecule has 0 radical (unpaired) electrons. The van der Waals surface area contributed by atoms with Crippen LogP contribution in [0.3, 0.4) is 0 Å². The Kier molecular flexibility index (Phi) is 7.18. The van der Waals surface area contributed by atoms with Crippen LogP contribution in [0.15, 0.2) is 48.5 Å². The van der Waals surface area contributed by atoms with E-state index in [2.05, 4.69) is 29.6 Å². The summed E-state index contributed by atoms with van der Waals surface area (Å²) in [4.78, 5) is 37.0. The summed E-state index contributed by atoms with van der Waals surface area (Å²) in [6.07, 6.45) is -0.210. The Hall–Kier alpha value is -3.35. The van der Waals surface area contributed by atoms with Gasteiger partial charge in [0.2, 0.25) is 5.91 Å². The van der Waals surface area contributed by atoms with Gasteiger partial charge in [0.1, 0.15) is 6.61 Å². The van der Waals surface area contributed by atoms with Crippen molar-refractivity contribution < 1.29 is 24.2 Å². The smallest absolute Gasteiger partial charge is 0.407 e. The quantitative estimate of drug-likeness (QED) is 0.620. The first kappa shape index (κ1) is 23.3. The van der Waals surface area contributed by atoms with Crippen LogP contribution in [0.4, 0.5) is 4.79 Å². The van der Waals surface area contributed by atoms with Crippen LogP contribution >= 0.6 is 0 Å². The molecule has 0 bridgehead atoms. The number of carbonyl (C=O) groups excluding carboxylic acids is 2. The van der Waals surface area contributed by atoms with Crippen LogP contribution in [-0.4, -0.2) is 54.7 Å². The van der Waals surface area contributed by atoms with Crippen molar-refractivity contribution in [3.8, 4) is 11.1 Å². The highest BCUT2D eigenvalue weighted by atomic mass is 16.5. The number of fused-ring (bicyclic) bond motifs is 3. The maximum absolute atomic E-state index is 12.6. The van der Waals surface area contributed by atoms with Gasteiger partial charge < -0.3 is 20.1 Å². The number of nitrogens with one attached hydrogen (secondary N) is 1. The fourth-order valence-electron chi connectivity index (χ4n) is 4.12. The molecule has 0 fully saturated rings. The number of hydrogen-bond donors (Lipinski definition) is 2. The van der Waals surface area contributed by atoms with Gasteiger partial charge in [-0.15, -0.1) is 0 Å². The molecule has 1 aliphatic rings. The summed E-state index contributed by atoms with van der Waals surface area (Å²) < 4.78 is 5.52. The normalized spacial score (nSPS) is 12.6. The Balaban J connectivity index is 1.50. The number of carbonyl (C=O) groups is 3. The SMILES string of the molecule is CN(CCC(=O)O)C(=O)C(C)(C)CCNC(=O)OCC1c2ccccc2-c2ccccc21. The maximum Gasteiger partial charge on any atom is 0.407 e. The van der Waals surface area contributed by atoms with Gasteiger partial charge in [-0.3, -0.25) is 9.59 Å². The van der Waals surface area contributed by atoms with Gasteiger partial charge >= 0.3 is 12.1 Å². The van der Waals surface area contributed by atoms with Crippen molar-refractivity contribution in [2.45, 2.75) is 32.6 Å². The van der Waals surface area contributed by atoms with E-state index in [0.717, 1.165) is 11.1 Å². The molecule has 0 spiro atoms. The van der Waals surface area contributed by atoms with Gasteiger partial charge in [0.15, 0.2) is 0 Å². The highest BCUT2D eigenvalue weighted by Crippen LogP contribution is 2.44. The fraction of sp³-hybridized carbons (Fsp3) is 0.400. The van der Waals surface area contributed by atoms with Crippen molar-refractivity contribution in [3.05, 3.63) is 59.7 Å². The molecule has 1 aliphatic carbocycles. The van der Waals surface area contributed by atoms with Crippen LogP contribution in [0, 0.1) is 5.41 Å². The second-order valence-corrected chi connectivity index (χ2v) is 8.76. The van der Waals surface area contributed by atoms with Gasteiger partial charge in [0, 0.05) is 31.5 Å². The van der Waals surface area contributed by atoms with E-state index >= 15 is 0 Å². The molecular formula is C25H30N2O5. The molecule has 7 nitrogen and oxygen atoms in total. The number of rotatable bonds is 9. The lowest BCUT2D eigenvalue weighted by Crippen LogP contribution is -2.41. The predicted octanol–water partition coefficient (Wildman–Crippen LogP) is 3.87. The largest absolute Gasteiger partial charge is 0.481 e. The van der Waals surface area contributed by atoms with E-state index in [1.165, 1.54) is 16.0 Å². The van der Waals surface area contributed by atoms with Crippen molar-refractivity contribution in [1.82, 2.24) is 10.2 Å². The summed E-state index contributed by atoms with van der Waals surface area (Å²) in [5, 5.41) is 11.5.